The van der Waals surface area contributed by atoms with Gasteiger partial charge in [-0.05, 0) is 43.3 Å². The molecule has 0 spiro atoms. The van der Waals surface area contributed by atoms with Crippen molar-refractivity contribution >= 4 is 11.6 Å². The number of pyridine rings is 1. The monoisotopic (exact) mass is 294 g/mol. The molecule has 20 heavy (non-hydrogen) atoms. The second kappa shape index (κ2) is 6.68. The van der Waals surface area contributed by atoms with Crippen LogP contribution >= 0.6 is 11.6 Å². The number of rotatable bonds is 5. The number of nitrogens with one attached hydrogen (secondary N) is 1. The largest absolute Gasteiger partial charge is 0.495 e. The van der Waals surface area contributed by atoms with E-state index in [0.29, 0.717) is 22.8 Å². The Hall–Kier alpha value is -1.65. The van der Waals surface area contributed by atoms with Gasteiger partial charge in [0, 0.05) is 22.8 Å². The van der Waals surface area contributed by atoms with E-state index < -0.39 is 0 Å². The first-order valence-corrected chi connectivity index (χ1v) is 6.62. The molecule has 0 radical (unpaired) electrons. The van der Waals surface area contributed by atoms with Gasteiger partial charge in [-0.3, -0.25) is 4.98 Å². The number of benzene rings is 1. The van der Waals surface area contributed by atoms with Gasteiger partial charge in [0.1, 0.15) is 11.6 Å². The molecular formula is C15H16ClFN2O. The second-order valence-electron chi connectivity index (χ2n) is 4.40. The van der Waals surface area contributed by atoms with Crippen LogP contribution < -0.4 is 10.1 Å². The Labute approximate surface area is 122 Å². The first-order chi connectivity index (χ1) is 9.65. The molecule has 0 saturated carbocycles. The lowest BCUT2D eigenvalue weighted by molar-refractivity contribution is 0.398. The number of aromatic nitrogens is 1. The first kappa shape index (κ1) is 14.8. The molecule has 1 N–H and O–H groups in total. The highest BCUT2D eigenvalue weighted by Crippen LogP contribution is 2.28. The average molecular weight is 295 g/mol. The van der Waals surface area contributed by atoms with E-state index in [-0.39, 0.29) is 11.9 Å². The van der Waals surface area contributed by atoms with Crippen molar-refractivity contribution in [2.24, 2.45) is 0 Å². The lowest BCUT2D eigenvalue weighted by atomic mass is 9.99. The molecule has 1 aromatic heterocycles. The summed E-state index contributed by atoms with van der Waals surface area (Å²) in [5, 5.41) is 3.70. The molecule has 0 amide bonds. The Kier molecular flexibility index (Phi) is 4.93. The van der Waals surface area contributed by atoms with Crippen LogP contribution in [0.1, 0.15) is 17.2 Å². The molecule has 1 aromatic carbocycles. The van der Waals surface area contributed by atoms with Crippen LogP contribution in [-0.2, 0) is 6.42 Å². The minimum atomic E-state index is -0.261. The van der Waals surface area contributed by atoms with Crippen molar-refractivity contribution in [2.45, 2.75) is 12.5 Å². The van der Waals surface area contributed by atoms with Crippen molar-refractivity contribution in [3.05, 3.63) is 58.6 Å². The molecule has 3 nitrogen and oxygen atoms in total. The molecule has 106 valence electrons. The third-order valence-electron chi connectivity index (χ3n) is 3.19. The molecule has 0 saturated heterocycles. The molecule has 0 aliphatic carbocycles. The predicted molar refractivity (Wildman–Crippen MR) is 77.7 cm³/mol. The van der Waals surface area contributed by atoms with Gasteiger partial charge in [0.05, 0.1) is 13.3 Å². The fourth-order valence-electron chi connectivity index (χ4n) is 2.14. The lowest BCUT2D eigenvalue weighted by Crippen LogP contribution is -2.20. The van der Waals surface area contributed by atoms with Gasteiger partial charge in [-0.1, -0.05) is 11.6 Å². The summed E-state index contributed by atoms with van der Waals surface area (Å²) in [5.41, 5.74) is 1.50. The Morgan fingerprint density at radius 1 is 1.40 bits per heavy atom. The summed E-state index contributed by atoms with van der Waals surface area (Å²) in [5.74, 6) is 0.414. The second-order valence-corrected chi connectivity index (χ2v) is 4.84. The molecule has 1 heterocycles. The van der Waals surface area contributed by atoms with E-state index in [9.17, 15) is 4.39 Å². The van der Waals surface area contributed by atoms with Crippen molar-refractivity contribution in [2.75, 3.05) is 14.2 Å². The zero-order chi connectivity index (χ0) is 14.5. The third kappa shape index (κ3) is 3.26. The van der Waals surface area contributed by atoms with Crippen LogP contribution in [0.5, 0.6) is 5.75 Å². The van der Waals surface area contributed by atoms with Gasteiger partial charge in [-0.25, -0.2) is 4.39 Å². The maximum atomic E-state index is 13.8. The standard InChI is InChI=1S/C15H16ClFN2O/c1-18-14(12-5-6-19-9-15(12)20-2)8-10-7-11(16)3-4-13(10)17/h3-7,9,14,18H,8H2,1-2H3. The van der Waals surface area contributed by atoms with Crippen LogP contribution in [0.15, 0.2) is 36.7 Å². The molecule has 2 aromatic rings. The fourth-order valence-corrected chi connectivity index (χ4v) is 2.33. The third-order valence-corrected chi connectivity index (χ3v) is 3.43. The Bertz CT molecular complexity index is 592. The van der Waals surface area contributed by atoms with E-state index in [1.54, 1.807) is 31.6 Å². The van der Waals surface area contributed by atoms with Crippen LogP contribution in [0.4, 0.5) is 4.39 Å². The smallest absolute Gasteiger partial charge is 0.141 e. The number of methoxy groups -OCH3 is 1. The summed E-state index contributed by atoms with van der Waals surface area (Å²) in [7, 11) is 3.42. The van der Waals surface area contributed by atoms with Gasteiger partial charge < -0.3 is 10.1 Å². The van der Waals surface area contributed by atoms with Crippen molar-refractivity contribution in [1.29, 1.82) is 0 Å². The van der Waals surface area contributed by atoms with E-state index >= 15 is 0 Å². The van der Waals surface area contributed by atoms with Crippen LogP contribution in [0.25, 0.3) is 0 Å². The van der Waals surface area contributed by atoms with E-state index in [2.05, 4.69) is 10.3 Å². The highest BCUT2D eigenvalue weighted by Gasteiger charge is 2.17. The fraction of sp³-hybridized carbons (Fsp3) is 0.267. The maximum absolute atomic E-state index is 13.8. The summed E-state index contributed by atoms with van der Waals surface area (Å²) < 4.78 is 19.1. The van der Waals surface area contributed by atoms with Crippen LogP contribution in [0.2, 0.25) is 5.02 Å². The quantitative estimate of drug-likeness (QED) is 0.918. The minimum absolute atomic E-state index is 0.0825. The minimum Gasteiger partial charge on any atom is -0.495 e. The van der Waals surface area contributed by atoms with Gasteiger partial charge in [-0.15, -0.1) is 0 Å². The normalized spacial score (nSPS) is 12.2. The molecular weight excluding hydrogens is 279 g/mol. The van der Waals surface area contributed by atoms with Gasteiger partial charge in [-0.2, -0.15) is 0 Å². The predicted octanol–water partition coefficient (Wildman–Crippen LogP) is 3.39. The number of nitrogens with zero attached hydrogens (tertiary/aromatic N) is 1. The van der Waals surface area contributed by atoms with Gasteiger partial charge in [0.2, 0.25) is 0 Å². The Morgan fingerprint density at radius 3 is 2.90 bits per heavy atom. The van der Waals surface area contributed by atoms with E-state index in [4.69, 9.17) is 16.3 Å². The maximum Gasteiger partial charge on any atom is 0.141 e. The summed E-state index contributed by atoms with van der Waals surface area (Å²) in [6.07, 6.45) is 3.81. The highest BCUT2D eigenvalue weighted by molar-refractivity contribution is 6.30. The SMILES string of the molecule is CNC(Cc1cc(Cl)ccc1F)c1ccncc1OC. The van der Waals surface area contributed by atoms with E-state index in [0.717, 1.165) is 5.56 Å². The lowest BCUT2D eigenvalue weighted by Gasteiger charge is -2.19. The summed E-state index contributed by atoms with van der Waals surface area (Å²) in [4.78, 5) is 4.02. The highest BCUT2D eigenvalue weighted by atomic mass is 35.5. The molecule has 2 rings (SSSR count). The summed E-state index contributed by atoms with van der Waals surface area (Å²) in [6, 6.07) is 6.36. The Balaban J connectivity index is 2.31. The van der Waals surface area contributed by atoms with Crippen LogP contribution in [0.3, 0.4) is 0 Å². The molecule has 5 heteroatoms. The van der Waals surface area contributed by atoms with Gasteiger partial charge in [0.25, 0.3) is 0 Å². The molecule has 0 aliphatic rings. The zero-order valence-electron chi connectivity index (χ0n) is 11.4. The van der Waals surface area contributed by atoms with Crippen molar-refractivity contribution in [3.8, 4) is 5.75 Å². The number of ether oxygens (including phenoxy) is 1. The number of hydrogen-bond donors (Lipinski definition) is 1. The average Bonchev–Trinajstić information content (AvgIpc) is 2.48. The van der Waals surface area contributed by atoms with E-state index in [1.807, 2.05) is 13.1 Å². The molecule has 0 fully saturated rings. The van der Waals surface area contributed by atoms with E-state index in [1.165, 1.54) is 6.07 Å². The molecule has 1 unspecified atom stereocenters. The number of halogens is 2. The van der Waals surface area contributed by atoms with Crippen LogP contribution in [-0.4, -0.2) is 19.1 Å². The molecule has 0 aliphatic heterocycles. The van der Waals surface area contributed by atoms with Crippen molar-refractivity contribution in [3.63, 3.8) is 0 Å². The van der Waals surface area contributed by atoms with Crippen molar-refractivity contribution < 1.29 is 9.13 Å². The van der Waals surface area contributed by atoms with Crippen LogP contribution in [0, 0.1) is 5.82 Å². The zero-order valence-corrected chi connectivity index (χ0v) is 12.1. The summed E-state index contributed by atoms with van der Waals surface area (Å²) >= 11 is 5.93. The number of likely N-dealkylation sites (N-methyl/N-ethyl adjacent to an activating group) is 1. The van der Waals surface area contributed by atoms with Gasteiger partial charge in [0.15, 0.2) is 0 Å². The Morgan fingerprint density at radius 2 is 2.20 bits per heavy atom. The summed E-state index contributed by atoms with van der Waals surface area (Å²) in [6.45, 7) is 0. The van der Waals surface area contributed by atoms with Gasteiger partial charge >= 0.3 is 0 Å². The van der Waals surface area contributed by atoms with Crippen molar-refractivity contribution in [1.82, 2.24) is 10.3 Å². The number of hydrogen-bond acceptors (Lipinski definition) is 3. The molecule has 1 atom stereocenters. The first-order valence-electron chi connectivity index (χ1n) is 6.24. The molecule has 0 bridgehead atoms. The topological polar surface area (TPSA) is 34.2 Å².